The summed E-state index contributed by atoms with van der Waals surface area (Å²) in [4.78, 5) is 41.4. The van der Waals surface area contributed by atoms with E-state index in [0.29, 0.717) is 45.7 Å². The second kappa shape index (κ2) is 6.86. The molecule has 0 aromatic rings. The summed E-state index contributed by atoms with van der Waals surface area (Å²) in [5.41, 5.74) is 0. The van der Waals surface area contributed by atoms with Crippen LogP contribution in [0.1, 0.15) is 26.2 Å². The molecule has 128 valence electrons. The number of carbonyl (C=O) groups excluding carboxylic acids is 3. The van der Waals surface area contributed by atoms with Crippen molar-refractivity contribution in [3.05, 3.63) is 0 Å². The molecule has 0 radical (unpaired) electrons. The molecule has 0 spiro atoms. The second-order valence-corrected chi connectivity index (χ2v) is 6.67. The highest BCUT2D eigenvalue weighted by Gasteiger charge is 2.38. The maximum atomic E-state index is 12.6. The number of rotatable bonds is 3. The minimum Gasteiger partial charge on any atom is -0.376 e. The molecule has 7 nitrogen and oxygen atoms in total. The molecule has 2 atom stereocenters. The fraction of sp³-hybridized carbons (Fsp3) is 0.812. The summed E-state index contributed by atoms with van der Waals surface area (Å²) in [7, 11) is 0. The van der Waals surface area contributed by atoms with Gasteiger partial charge in [0.2, 0.25) is 17.7 Å². The molecule has 3 fully saturated rings. The Kier molecular flexibility index (Phi) is 4.84. The van der Waals surface area contributed by atoms with Crippen molar-refractivity contribution in [1.82, 2.24) is 14.7 Å². The van der Waals surface area contributed by atoms with Crippen molar-refractivity contribution in [2.45, 2.75) is 32.3 Å². The molecule has 3 amide bonds. The van der Waals surface area contributed by atoms with Crippen molar-refractivity contribution in [2.24, 2.45) is 5.92 Å². The van der Waals surface area contributed by atoms with Crippen molar-refractivity contribution in [3.63, 3.8) is 0 Å². The van der Waals surface area contributed by atoms with E-state index in [-0.39, 0.29) is 29.7 Å². The van der Waals surface area contributed by atoms with Crippen LogP contribution in [0.15, 0.2) is 0 Å². The molecule has 0 bridgehead atoms. The zero-order chi connectivity index (χ0) is 16.4. The Morgan fingerprint density at radius 2 is 1.87 bits per heavy atom. The van der Waals surface area contributed by atoms with E-state index in [9.17, 15) is 14.4 Å². The van der Waals surface area contributed by atoms with E-state index in [4.69, 9.17) is 4.74 Å². The van der Waals surface area contributed by atoms with E-state index < -0.39 is 0 Å². The predicted molar refractivity (Wildman–Crippen MR) is 82.5 cm³/mol. The van der Waals surface area contributed by atoms with Crippen LogP contribution in [-0.4, -0.2) is 84.4 Å². The van der Waals surface area contributed by atoms with Gasteiger partial charge in [-0.2, -0.15) is 0 Å². The highest BCUT2D eigenvalue weighted by molar-refractivity contribution is 5.89. The quantitative estimate of drug-likeness (QED) is 0.715. The second-order valence-electron chi connectivity index (χ2n) is 6.67. The Morgan fingerprint density at radius 1 is 1.17 bits per heavy atom. The summed E-state index contributed by atoms with van der Waals surface area (Å²) < 4.78 is 5.58. The van der Waals surface area contributed by atoms with Crippen LogP contribution >= 0.6 is 0 Å². The third-order valence-electron chi connectivity index (χ3n) is 5.05. The van der Waals surface area contributed by atoms with Crippen LogP contribution < -0.4 is 0 Å². The van der Waals surface area contributed by atoms with Gasteiger partial charge in [-0.1, -0.05) is 0 Å². The van der Waals surface area contributed by atoms with Crippen molar-refractivity contribution >= 4 is 17.7 Å². The number of hydrogen-bond donors (Lipinski definition) is 0. The standard InChI is InChI=1S/C16H25N3O4/c1-12(20)17-4-6-18(7-5-17)16(22)13-9-15(21)19(10-13)11-14-3-2-8-23-14/h13-14H,2-11H2,1H3. The van der Waals surface area contributed by atoms with E-state index in [0.717, 1.165) is 19.4 Å². The largest absolute Gasteiger partial charge is 0.376 e. The fourth-order valence-corrected chi connectivity index (χ4v) is 3.65. The first-order valence-electron chi connectivity index (χ1n) is 8.48. The lowest BCUT2D eigenvalue weighted by Crippen LogP contribution is -2.51. The summed E-state index contributed by atoms with van der Waals surface area (Å²) in [6, 6.07) is 0. The summed E-state index contributed by atoms with van der Waals surface area (Å²) >= 11 is 0. The molecule has 3 aliphatic rings. The number of carbonyl (C=O) groups is 3. The summed E-state index contributed by atoms with van der Waals surface area (Å²) in [6.07, 6.45) is 2.48. The number of hydrogen-bond acceptors (Lipinski definition) is 4. The van der Waals surface area contributed by atoms with E-state index in [2.05, 4.69) is 0 Å². The van der Waals surface area contributed by atoms with Crippen LogP contribution in [0.3, 0.4) is 0 Å². The first-order valence-corrected chi connectivity index (χ1v) is 8.48. The normalized spacial score (nSPS) is 28.6. The van der Waals surface area contributed by atoms with Crippen molar-refractivity contribution in [1.29, 1.82) is 0 Å². The molecule has 0 saturated carbocycles. The molecule has 0 aliphatic carbocycles. The van der Waals surface area contributed by atoms with Gasteiger partial charge in [-0.25, -0.2) is 0 Å². The van der Waals surface area contributed by atoms with Gasteiger partial charge in [0.1, 0.15) is 0 Å². The van der Waals surface area contributed by atoms with E-state index in [1.807, 2.05) is 0 Å². The molecular weight excluding hydrogens is 298 g/mol. The van der Waals surface area contributed by atoms with Gasteiger partial charge in [-0.15, -0.1) is 0 Å². The van der Waals surface area contributed by atoms with Gasteiger partial charge >= 0.3 is 0 Å². The summed E-state index contributed by atoms with van der Waals surface area (Å²) in [6.45, 7) is 5.74. The van der Waals surface area contributed by atoms with Gasteiger partial charge in [0.25, 0.3) is 0 Å². The molecular formula is C16H25N3O4. The maximum Gasteiger partial charge on any atom is 0.228 e. The van der Waals surface area contributed by atoms with Crippen LogP contribution in [0.5, 0.6) is 0 Å². The predicted octanol–water partition coefficient (Wildman–Crippen LogP) is -0.295. The summed E-state index contributed by atoms with van der Waals surface area (Å²) in [5.74, 6) is -0.0822. The topological polar surface area (TPSA) is 70.2 Å². The van der Waals surface area contributed by atoms with Gasteiger partial charge in [0.05, 0.1) is 12.0 Å². The average Bonchev–Trinajstić information content (AvgIpc) is 3.17. The monoisotopic (exact) mass is 323 g/mol. The number of ether oxygens (including phenoxy) is 1. The van der Waals surface area contributed by atoms with E-state index in [1.54, 1.807) is 21.6 Å². The highest BCUT2D eigenvalue weighted by Crippen LogP contribution is 2.23. The van der Waals surface area contributed by atoms with Crippen molar-refractivity contribution in [3.8, 4) is 0 Å². The van der Waals surface area contributed by atoms with E-state index in [1.165, 1.54) is 0 Å². The molecule has 0 N–H and O–H groups in total. The molecule has 0 aromatic heterocycles. The van der Waals surface area contributed by atoms with E-state index >= 15 is 0 Å². The Morgan fingerprint density at radius 3 is 2.48 bits per heavy atom. The van der Waals surface area contributed by atoms with Crippen molar-refractivity contribution in [2.75, 3.05) is 45.9 Å². The van der Waals surface area contributed by atoms with Gasteiger partial charge in [-0.3, -0.25) is 14.4 Å². The number of amides is 3. The van der Waals surface area contributed by atoms with Gasteiger partial charge in [0.15, 0.2) is 0 Å². The zero-order valence-corrected chi connectivity index (χ0v) is 13.7. The molecule has 2 unspecified atom stereocenters. The third-order valence-corrected chi connectivity index (χ3v) is 5.05. The number of likely N-dealkylation sites (tertiary alicyclic amines) is 1. The SMILES string of the molecule is CC(=O)N1CCN(C(=O)C2CC(=O)N(CC3CCCO3)C2)CC1. The molecule has 0 aromatic carbocycles. The van der Waals surface area contributed by atoms with Gasteiger partial charge < -0.3 is 19.4 Å². The van der Waals surface area contributed by atoms with Crippen molar-refractivity contribution < 1.29 is 19.1 Å². The molecule has 3 rings (SSSR count). The van der Waals surface area contributed by atoms with Crippen LogP contribution in [-0.2, 0) is 19.1 Å². The first kappa shape index (κ1) is 16.2. The van der Waals surface area contributed by atoms with Crippen LogP contribution in [0.2, 0.25) is 0 Å². The van der Waals surface area contributed by atoms with Gasteiger partial charge in [0, 0.05) is 59.2 Å². The maximum absolute atomic E-state index is 12.6. The Hall–Kier alpha value is -1.63. The summed E-state index contributed by atoms with van der Waals surface area (Å²) in [5, 5.41) is 0. The minimum atomic E-state index is -0.243. The Bertz CT molecular complexity index is 482. The fourth-order valence-electron chi connectivity index (χ4n) is 3.65. The average molecular weight is 323 g/mol. The zero-order valence-electron chi connectivity index (χ0n) is 13.7. The first-order chi connectivity index (χ1) is 11.0. The molecule has 23 heavy (non-hydrogen) atoms. The molecule has 3 saturated heterocycles. The minimum absolute atomic E-state index is 0.0517. The number of nitrogens with zero attached hydrogens (tertiary/aromatic N) is 3. The highest BCUT2D eigenvalue weighted by atomic mass is 16.5. The van der Waals surface area contributed by atoms with Crippen LogP contribution in [0.4, 0.5) is 0 Å². The molecule has 3 heterocycles. The Labute approximate surface area is 136 Å². The van der Waals surface area contributed by atoms with Crippen LogP contribution in [0.25, 0.3) is 0 Å². The Balaban J connectivity index is 1.50. The lowest BCUT2D eigenvalue weighted by molar-refractivity contribution is -0.141. The molecule has 7 heteroatoms. The third kappa shape index (κ3) is 3.65. The smallest absolute Gasteiger partial charge is 0.228 e. The van der Waals surface area contributed by atoms with Gasteiger partial charge in [-0.05, 0) is 12.8 Å². The lowest BCUT2D eigenvalue weighted by Gasteiger charge is -2.35. The van der Waals surface area contributed by atoms with Crippen LogP contribution in [0, 0.1) is 5.92 Å². The number of piperazine rings is 1. The lowest BCUT2D eigenvalue weighted by atomic mass is 10.1. The molecule has 3 aliphatic heterocycles.